The molecular weight excluding hydrogens is 356 g/mol. The number of carbonyl (C=O) groups excluding carboxylic acids is 3. The van der Waals surface area contributed by atoms with Crippen LogP contribution >= 0.6 is 11.6 Å². The van der Waals surface area contributed by atoms with E-state index in [1.54, 1.807) is 54.6 Å². The molecule has 3 aromatic rings. The number of rotatable bonds is 4. The van der Waals surface area contributed by atoms with Crippen molar-refractivity contribution in [3.63, 3.8) is 0 Å². The summed E-state index contributed by atoms with van der Waals surface area (Å²) in [6, 6.07) is 16.4. The molecule has 1 heterocycles. The quantitative estimate of drug-likeness (QED) is 0.565. The Hall–Kier alpha value is -3.25. The number of ether oxygens (including phenoxy) is 1. The molecule has 130 valence electrons. The summed E-state index contributed by atoms with van der Waals surface area (Å²) in [4.78, 5) is 39.8. The minimum Gasteiger partial charge on any atom is -0.452 e. The van der Waals surface area contributed by atoms with Crippen LogP contribution in [0.5, 0.6) is 0 Å². The molecule has 2 amide bonds. The van der Waals surface area contributed by atoms with Gasteiger partial charge in [0, 0.05) is 10.9 Å². The Morgan fingerprint density at radius 1 is 0.962 bits per heavy atom. The molecule has 0 bridgehead atoms. The Balaban J connectivity index is 1.59. The number of pyridine rings is 1. The van der Waals surface area contributed by atoms with Crippen molar-refractivity contribution in [2.45, 2.75) is 0 Å². The number of benzene rings is 2. The van der Waals surface area contributed by atoms with Crippen LogP contribution in [0, 0.1) is 0 Å². The zero-order valence-corrected chi connectivity index (χ0v) is 14.2. The molecule has 0 saturated carbocycles. The monoisotopic (exact) mass is 368 g/mol. The molecule has 6 nitrogen and oxygen atoms in total. The number of carbonyl (C=O) groups is 3. The molecule has 26 heavy (non-hydrogen) atoms. The molecule has 0 atom stereocenters. The molecule has 0 aliphatic carbocycles. The van der Waals surface area contributed by atoms with Gasteiger partial charge in [0.1, 0.15) is 5.15 Å². The lowest BCUT2D eigenvalue weighted by Gasteiger charge is -2.07. The van der Waals surface area contributed by atoms with Gasteiger partial charge in [-0.05, 0) is 42.5 Å². The summed E-state index contributed by atoms with van der Waals surface area (Å²) < 4.78 is 4.95. The first-order chi connectivity index (χ1) is 12.5. The molecule has 2 aromatic carbocycles. The van der Waals surface area contributed by atoms with Crippen molar-refractivity contribution in [3.8, 4) is 0 Å². The largest absolute Gasteiger partial charge is 0.452 e. The van der Waals surface area contributed by atoms with Crippen molar-refractivity contribution in [1.82, 2.24) is 10.3 Å². The third kappa shape index (κ3) is 4.23. The van der Waals surface area contributed by atoms with Gasteiger partial charge in [0.25, 0.3) is 11.8 Å². The standard InChI is InChI=1S/C19H13ClN2O4/c20-16-9-7-13-10-14(6-8-15(13)21-16)19(25)26-11-17(23)22-18(24)12-4-2-1-3-5-12/h1-10H,11H2,(H,22,23,24). The normalized spacial score (nSPS) is 10.3. The highest BCUT2D eigenvalue weighted by atomic mass is 35.5. The van der Waals surface area contributed by atoms with Crippen LogP contribution in [0.25, 0.3) is 10.9 Å². The summed E-state index contributed by atoms with van der Waals surface area (Å²) in [6.45, 7) is -0.561. The molecule has 0 fully saturated rings. The third-order valence-corrected chi connectivity index (χ3v) is 3.72. The first kappa shape index (κ1) is 17.6. The van der Waals surface area contributed by atoms with Crippen LogP contribution < -0.4 is 5.32 Å². The molecule has 1 N–H and O–H groups in total. The molecule has 0 radical (unpaired) electrons. The van der Waals surface area contributed by atoms with E-state index < -0.39 is 24.4 Å². The number of nitrogens with zero attached hydrogens (tertiary/aromatic N) is 1. The fourth-order valence-electron chi connectivity index (χ4n) is 2.27. The number of nitrogens with one attached hydrogen (secondary N) is 1. The molecule has 0 aliphatic rings. The Labute approximate surface area is 153 Å². The highest BCUT2D eigenvalue weighted by Crippen LogP contribution is 2.17. The van der Waals surface area contributed by atoms with Crippen molar-refractivity contribution in [2.75, 3.05) is 6.61 Å². The predicted molar refractivity (Wildman–Crippen MR) is 96.0 cm³/mol. The van der Waals surface area contributed by atoms with Gasteiger partial charge in [-0.3, -0.25) is 14.9 Å². The van der Waals surface area contributed by atoms with Gasteiger partial charge >= 0.3 is 5.97 Å². The summed E-state index contributed by atoms with van der Waals surface area (Å²) in [6.07, 6.45) is 0. The maximum absolute atomic E-state index is 12.1. The van der Waals surface area contributed by atoms with E-state index in [2.05, 4.69) is 10.3 Å². The third-order valence-electron chi connectivity index (χ3n) is 3.51. The number of hydrogen-bond donors (Lipinski definition) is 1. The second-order valence-electron chi connectivity index (χ2n) is 5.36. The van der Waals surface area contributed by atoms with Gasteiger partial charge in [-0.25, -0.2) is 9.78 Å². The van der Waals surface area contributed by atoms with E-state index in [9.17, 15) is 14.4 Å². The van der Waals surface area contributed by atoms with Crippen LogP contribution in [0.3, 0.4) is 0 Å². The average Bonchev–Trinajstić information content (AvgIpc) is 2.66. The number of esters is 1. The highest BCUT2D eigenvalue weighted by Gasteiger charge is 2.14. The molecule has 0 spiro atoms. The zero-order valence-electron chi connectivity index (χ0n) is 13.4. The van der Waals surface area contributed by atoms with Crippen molar-refractivity contribution < 1.29 is 19.1 Å². The molecule has 0 unspecified atom stereocenters. The number of amides is 2. The number of hydrogen-bond acceptors (Lipinski definition) is 5. The molecule has 1 aromatic heterocycles. The van der Waals surface area contributed by atoms with Gasteiger partial charge in [0.2, 0.25) is 0 Å². The summed E-state index contributed by atoms with van der Waals surface area (Å²) in [5.41, 5.74) is 1.25. The summed E-state index contributed by atoms with van der Waals surface area (Å²) >= 11 is 5.82. The number of aromatic nitrogens is 1. The van der Waals surface area contributed by atoms with Crippen LogP contribution in [0.2, 0.25) is 5.15 Å². The SMILES string of the molecule is O=C(COC(=O)c1ccc2nc(Cl)ccc2c1)NC(=O)c1ccccc1. The fraction of sp³-hybridized carbons (Fsp3) is 0.0526. The summed E-state index contributed by atoms with van der Waals surface area (Å²) in [5.74, 6) is -1.94. The number of fused-ring (bicyclic) bond motifs is 1. The predicted octanol–water partition coefficient (Wildman–Crippen LogP) is 3.00. The minimum atomic E-state index is -0.707. The maximum Gasteiger partial charge on any atom is 0.338 e. The van der Waals surface area contributed by atoms with Crippen LogP contribution in [0.4, 0.5) is 0 Å². The fourth-order valence-corrected chi connectivity index (χ4v) is 2.42. The zero-order chi connectivity index (χ0) is 18.5. The first-order valence-corrected chi connectivity index (χ1v) is 8.03. The van der Waals surface area contributed by atoms with Gasteiger partial charge in [0.05, 0.1) is 11.1 Å². The average molecular weight is 369 g/mol. The Morgan fingerprint density at radius 2 is 1.73 bits per heavy atom. The van der Waals surface area contributed by atoms with Crippen LogP contribution in [0.1, 0.15) is 20.7 Å². The Kier molecular flexibility index (Phi) is 5.24. The molecule has 3 rings (SSSR count). The van der Waals surface area contributed by atoms with Gasteiger partial charge in [-0.15, -0.1) is 0 Å². The summed E-state index contributed by atoms with van der Waals surface area (Å²) in [5, 5.41) is 3.23. The second kappa shape index (κ2) is 7.76. The van der Waals surface area contributed by atoms with Crippen LogP contribution in [-0.2, 0) is 9.53 Å². The maximum atomic E-state index is 12.1. The van der Waals surface area contributed by atoms with E-state index in [0.29, 0.717) is 21.6 Å². The molecular formula is C19H13ClN2O4. The number of halogens is 1. The van der Waals surface area contributed by atoms with Gasteiger partial charge in [-0.2, -0.15) is 0 Å². The lowest BCUT2D eigenvalue weighted by Crippen LogP contribution is -2.34. The van der Waals surface area contributed by atoms with E-state index in [0.717, 1.165) is 0 Å². The highest BCUT2D eigenvalue weighted by molar-refractivity contribution is 6.29. The van der Waals surface area contributed by atoms with Crippen molar-refractivity contribution >= 4 is 40.3 Å². The van der Waals surface area contributed by atoms with Crippen LogP contribution in [-0.4, -0.2) is 29.4 Å². The topological polar surface area (TPSA) is 85.4 Å². The Bertz CT molecular complexity index is 989. The van der Waals surface area contributed by atoms with E-state index in [1.807, 2.05) is 0 Å². The lowest BCUT2D eigenvalue weighted by atomic mass is 10.1. The van der Waals surface area contributed by atoms with E-state index in [4.69, 9.17) is 16.3 Å². The second-order valence-corrected chi connectivity index (χ2v) is 5.75. The van der Waals surface area contributed by atoms with Crippen molar-refractivity contribution in [2.24, 2.45) is 0 Å². The van der Waals surface area contributed by atoms with Gasteiger partial charge in [0.15, 0.2) is 6.61 Å². The lowest BCUT2D eigenvalue weighted by molar-refractivity contribution is -0.123. The van der Waals surface area contributed by atoms with Gasteiger partial charge < -0.3 is 4.74 Å². The van der Waals surface area contributed by atoms with Crippen LogP contribution in [0.15, 0.2) is 60.7 Å². The van der Waals surface area contributed by atoms with Crippen molar-refractivity contribution in [3.05, 3.63) is 76.9 Å². The molecule has 0 aliphatic heterocycles. The first-order valence-electron chi connectivity index (χ1n) is 7.65. The smallest absolute Gasteiger partial charge is 0.338 e. The van der Waals surface area contributed by atoms with E-state index in [-0.39, 0.29) is 5.56 Å². The number of imide groups is 1. The minimum absolute atomic E-state index is 0.267. The Morgan fingerprint density at radius 3 is 2.50 bits per heavy atom. The molecule has 0 saturated heterocycles. The van der Waals surface area contributed by atoms with Crippen molar-refractivity contribution in [1.29, 1.82) is 0 Å². The van der Waals surface area contributed by atoms with E-state index in [1.165, 1.54) is 6.07 Å². The molecule has 7 heteroatoms. The van der Waals surface area contributed by atoms with Gasteiger partial charge in [-0.1, -0.05) is 29.8 Å². The summed E-state index contributed by atoms with van der Waals surface area (Å²) in [7, 11) is 0. The van der Waals surface area contributed by atoms with E-state index >= 15 is 0 Å².